The first kappa shape index (κ1) is 31.1. The Morgan fingerprint density at radius 2 is 1.19 bits per heavy atom. The van der Waals surface area contributed by atoms with Gasteiger partial charge in [-0.15, -0.1) is 0 Å². The molecule has 43 heavy (non-hydrogen) atoms. The van der Waals surface area contributed by atoms with E-state index in [0.29, 0.717) is 41.5 Å². The van der Waals surface area contributed by atoms with Crippen LogP contribution in [0.3, 0.4) is 0 Å². The van der Waals surface area contributed by atoms with E-state index in [-0.39, 0.29) is 35.2 Å². The number of rotatable bonds is 3. The average molecular weight is 611 g/mol. The monoisotopic (exact) mass is 610 g/mol. The van der Waals surface area contributed by atoms with E-state index in [0.717, 1.165) is 12.1 Å². The minimum atomic E-state index is -4.01. The van der Waals surface area contributed by atoms with Crippen molar-refractivity contribution in [1.82, 2.24) is 4.31 Å². The number of nitro benzene ring substituents is 1. The molecule has 1 aliphatic heterocycles. The van der Waals surface area contributed by atoms with E-state index in [1.165, 1.54) is 16.4 Å². The van der Waals surface area contributed by atoms with Crippen molar-refractivity contribution in [1.29, 1.82) is 0 Å². The normalized spacial score (nSPS) is 15.4. The maximum atomic E-state index is 13.5. The molecule has 0 amide bonds. The maximum Gasteiger partial charge on any atom is 0.269 e. The Balaban J connectivity index is 1.68. The summed E-state index contributed by atoms with van der Waals surface area (Å²) in [5.74, 6) is 22.5. The molecule has 4 rings (SSSR count). The number of nitrogens with zero attached hydrogens (tertiary/aromatic N) is 2. The molecule has 0 unspecified atom stereocenters. The molecule has 0 radical (unpaired) electrons. The molecule has 1 aliphatic rings. The van der Waals surface area contributed by atoms with Crippen LogP contribution in [0.1, 0.15) is 41.5 Å². The summed E-state index contributed by atoms with van der Waals surface area (Å²) >= 11 is 0. The Labute approximate surface area is 252 Å². The lowest BCUT2D eigenvalue weighted by molar-refractivity contribution is -0.384. The molecule has 0 saturated carbocycles. The topological polar surface area (TPSA) is 115 Å². The third-order valence-electron chi connectivity index (χ3n) is 6.23. The van der Waals surface area contributed by atoms with Gasteiger partial charge in [-0.3, -0.25) is 10.1 Å². The van der Waals surface area contributed by atoms with Crippen LogP contribution >= 0.6 is 0 Å². The Morgan fingerprint density at radius 1 is 0.698 bits per heavy atom. The lowest BCUT2D eigenvalue weighted by Crippen LogP contribution is -2.32. The van der Waals surface area contributed by atoms with Crippen LogP contribution in [0.2, 0.25) is 0 Å². The molecule has 0 fully saturated rings. The number of hydrogen-bond acceptors (Lipinski definition) is 6. The SMILES string of the molecule is O=[N+]([O-])c1ccc(S(=O)(=O)N2CC#Cc3ccccc3C#CCS(=O)(=O)CC#Cc3ccccc3C#CCCCC2)cc1. The van der Waals surface area contributed by atoms with Crippen LogP contribution in [-0.2, 0) is 19.9 Å². The second-order valence-electron chi connectivity index (χ2n) is 9.38. The Morgan fingerprint density at radius 3 is 1.70 bits per heavy atom. The summed E-state index contributed by atoms with van der Waals surface area (Å²) in [5, 5.41) is 11.0. The summed E-state index contributed by atoms with van der Waals surface area (Å²) < 4.78 is 53.4. The number of non-ortho nitro benzene ring substituents is 1. The van der Waals surface area contributed by atoms with Crippen LogP contribution in [0.5, 0.6) is 0 Å². The molecule has 0 atom stereocenters. The number of benzene rings is 3. The molecule has 0 aliphatic carbocycles. The van der Waals surface area contributed by atoms with Gasteiger partial charge in [-0.2, -0.15) is 4.31 Å². The molecule has 0 N–H and O–H groups in total. The summed E-state index contributed by atoms with van der Waals surface area (Å²) in [5.41, 5.74) is 2.12. The van der Waals surface area contributed by atoms with Gasteiger partial charge in [-0.1, -0.05) is 71.6 Å². The Hall–Kier alpha value is -4.84. The third-order valence-corrected chi connectivity index (χ3v) is 9.26. The molecular weight excluding hydrogens is 585 g/mol. The minimum absolute atomic E-state index is 0.0737. The second-order valence-corrected chi connectivity index (χ2v) is 13.4. The quantitative estimate of drug-likeness (QED) is 0.252. The minimum Gasteiger partial charge on any atom is -0.258 e. The lowest BCUT2D eigenvalue weighted by atomic mass is 10.1. The fourth-order valence-electron chi connectivity index (χ4n) is 3.99. The summed E-state index contributed by atoms with van der Waals surface area (Å²) in [7, 11) is -7.58. The van der Waals surface area contributed by atoms with E-state index >= 15 is 0 Å². The molecule has 10 heteroatoms. The van der Waals surface area contributed by atoms with Gasteiger partial charge in [0.05, 0.1) is 16.4 Å². The predicted molar refractivity (Wildman–Crippen MR) is 165 cm³/mol. The summed E-state index contributed by atoms with van der Waals surface area (Å²) in [4.78, 5) is 10.4. The maximum absolute atomic E-state index is 13.5. The number of sulfonamides is 1. The van der Waals surface area contributed by atoms with Crippen LogP contribution in [0.25, 0.3) is 0 Å². The highest BCUT2D eigenvalue weighted by Gasteiger charge is 2.24. The van der Waals surface area contributed by atoms with Gasteiger partial charge in [0, 0.05) is 47.4 Å². The highest BCUT2D eigenvalue weighted by molar-refractivity contribution is 7.91. The van der Waals surface area contributed by atoms with E-state index in [2.05, 4.69) is 47.4 Å². The molecule has 1 heterocycles. The van der Waals surface area contributed by atoms with Crippen molar-refractivity contribution < 1.29 is 21.8 Å². The lowest BCUT2D eigenvalue weighted by Gasteiger charge is -2.19. The first-order valence-electron chi connectivity index (χ1n) is 13.2. The van der Waals surface area contributed by atoms with Gasteiger partial charge in [-0.25, -0.2) is 16.8 Å². The van der Waals surface area contributed by atoms with Gasteiger partial charge in [-0.05, 0) is 49.2 Å². The number of fused-ring (bicyclic) bond motifs is 2. The van der Waals surface area contributed by atoms with E-state index in [4.69, 9.17) is 0 Å². The van der Waals surface area contributed by atoms with E-state index in [9.17, 15) is 26.9 Å². The van der Waals surface area contributed by atoms with Gasteiger partial charge in [0.1, 0.15) is 11.5 Å². The zero-order valence-corrected chi connectivity index (χ0v) is 24.7. The number of nitro groups is 1. The Kier molecular flexibility index (Phi) is 10.4. The molecule has 216 valence electrons. The van der Waals surface area contributed by atoms with Crippen molar-refractivity contribution in [3.05, 3.63) is 105 Å². The van der Waals surface area contributed by atoms with Crippen LogP contribution < -0.4 is 0 Å². The zero-order valence-electron chi connectivity index (χ0n) is 23.0. The largest absolute Gasteiger partial charge is 0.269 e. The van der Waals surface area contributed by atoms with Crippen LogP contribution in [0.15, 0.2) is 77.7 Å². The molecular formula is C33H26N2O6S2. The van der Waals surface area contributed by atoms with E-state index in [1.54, 1.807) is 42.5 Å². The third kappa shape index (κ3) is 8.82. The molecule has 0 aromatic heterocycles. The molecule has 3 aromatic rings. The highest BCUT2D eigenvalue weighted by atomic mass is 32.2. The van der Waals surface area contributed by atoms with Gasteiger partial charge < -0.3 is 0 Å². The fraction of sp³-hybridized carbons (Fsp3) is 0.212. The molecule has 0 bridgehead atoms. The number of sulfone groups is 1. The van der Waals surface area contributed by atoms with Crippen LogP contribution in [0.4, 0.5) is 5.69 Å². The fourth-order valence-corrected chi connectivity index (χ4v) is 6.06. The van der Waals surface area contributed by atoms with Gasteiger partial charge in [0.2, 0.25) is 10.0 Å². The molecule has 0 saturated heterocycles. The van der Waals surface area contributed by atoms with Gasteiger partial charge >= 0.3 is 0 Å². The highest BCUT2D eigenvalue weighted by Crippen LogP contribution is 2.20. The van der Waals surface area contributed by atoms with Crippen molar-refractivity contribution in [2.75, 3.05) is 24.6 Å². The molecule has 8 nitrogen and oxygen atoms in total. The summed E-state index contributed by atoms with van der Waals surface area (Å²) in [6, 6.07) is 18.9. The van der Waals surface area contributed by atoms with Gasteiger partial charge in [0.15, 0.2) is 9.84 Å². The summed E-state index contributed by atoms with van der Waals surface area (Å²) in [6.45, 7) is 0.0307. The summed E-state index contributed by atoms with van der Waals surface area (Å²) in [6.07, 6.45) is 1.61. The number of hydrogen-bond donors (Lipinski definition) is 0. The van der Waals surface area contributed by atoms with E-state index in [1.807, 2.05) is 6.07 Å². The van der Waals surface area contributed by atoms with Crippen molar-refractivity contribution in [3.8, 4) is 47.4 Å². The van der Waals surface area contributed by atoms with Gasteiger partial charge in [0.25, 0.3) is 5.69 Å². The van der Waals surface area contributed by atoms with Crippen molar-refractivity contribution in [3.63, 3.8) is 0 Å². The zero-order chi connectivity index (χ0) is 30.7. The van der Waals surface area contributed by atoms with Crippen molar-refractivity contribution in [2.45, 2.75) is 24.2 Å². The average Bonchev–Trinajstić information content (AvgIpc) is 2.98. The van der Waals surface area contributed by atoms with Crippen molar-refractivity contribution in [2.24, 2.45) is 0 Å². The smallest absolute Gasteiger partial charge is 0.258 e. The van der Waals surface area contributed by atoms with E-state index < -0.39 is 24.8 Å². The van der Waals surface area contributed by atoms with Crippen LogP contribution in [-0.4, -0.2) is 50.7 Å². The first-order chi connectivity index (χ1) is 20.7. The van der Waals surface area contributed by atoms with Crippen molar-refractivity contribution >= 4 is 25.5 Å². The molecule has 3 aromatic carbocycles. The first-order valence-corrected chi connectivity index (χ1v) is 16.5. The van der Waals surface area contributed by atoms with Crippen LogP contribution in [0, 0.1) is 57.5 Å². The predicted octanol–water partition coefficient (Wildman–Crippen LogP) is 3.99. The standard InChI is InChI=1S/C33H26N2O6S2/c36-35(37)32-20-22-33(23-21-32)43(40,41)34-24-8-2-1-3-12-28-13-4-6-15-30(28)18-10-26-42(38,39)27-11-19-31-16-7-5-14-29(31)17-9-25-34/h4-7,13-16,20-23H,1-2,8,24-27H2. The second kappa shape index (κ2) is 14.4. The molecule has 0 spiro atoms. The Bertz CT molecular complexity index is 1990.